The third kappa shape index (κ3) is 2.89. The van der Waals surface area contributed by atoms with Crippen LogP contribution in [0.15, 0.2) is 16.6 Å². The summed E-state index contributed by atoms with van der Waals surface area (Å²) in [5.41, 5.74) is -0.207. The fourth-order valence-corrected chi connectivity index (χ4v) is 1.95. The van der Waals surface area contributed by atoms with Crippen molar-refractivity contribution in [2.24, 2.45) is 0 Å². The van der Waals surface area contributed by atoms with E-state index in [2.05, 4.69) is 15.9 Å². The molecule has 0 aliphatic carbocycles. The molecule has 0 spiro atoms. The predicted molar refractivity (Wildman–Crippen MR) is 67.1 cm³/mol. The molecule has 1 aromatic rings. The van der Waals surface area contributed by atoms with E-state index in [0.29, 0.717) is 18.1 Å². The van der Waals surface area contributed by atoms with E-state index < -0.39 is 5.60 Å². The van der Waals surface area contributed by atoms with Crippen LogP contribution in [0.3, 0.4) is 0 Å². The van der Waals surface area contributed by atoms with Gasteiger partial charge in [-0.2, -0.15) is 0 Å². The van der Waals surface area contributed by atoms with E-state index in [1.165, 1.54) is 0 Å². The zero-order valence-electron chi connectivity index (χ0n) is 10.0. The van der Waals surface area contributed by atoms with E-state index in [0.717, 1.165) is 10.0 Å². The van der Waals surface area contributed by atoms with Gasteiger partial charge in [0.1, 0.15) is 11.5 Å². The molecule has 90 valence electrons. The standard InChI is InChI=1S/C12H17BrO3/c1-5-16-10-7-11(15-4)9(13)6-8(10)12(2,3)14/h6-7,14H,5H2,1-4H3. The zero-order valence-corrected chi connectivity index (χ0v) is 11.6. The Morgan fingerprint density at radius 3 is 2.38 bits per heavy atom. The van der Waals surface area contributed by atoms with Crippen molar-refractivity contribution in [2.75, 3.05) is 13.7 Å². The molecular formula is C12H17BrO3. The van der Waals surface area contributed by atoms with Crippen LogP contribution in [0.4, 0.5) is 0 Å². The molecule has 0 unspecified atom stereocenters. The smallest absolute Gasteiger partial charge is 0.136 e. The SMILES string of the molecule is CCOc1cc(OC)c(Br)cc1C(C)(C)O. The quantitative estimate of drug-likeness (QED) is 0.925. The Bertz CT molecular complexity index is 369. The summed E-state index contributed by atoms with van der Waals surface area (Å²) in [6.45, 7) is 5.91. The van der Waals surface area contributed by atoms with Gasteiger partial charge in [-0.15, -0.1) is 0 Å². The van der Waals surface area contributed by atoms with Crippen molar-refractivity contribution in [3.63, 3.8) is 0 Å². The molecule has 0 aromatic heterocycles. The number of aliphatic hydroxyl groups is 1. The molecule has 0 bridgehead atoms. The Kier molecular flexibility index (Phi) is 4.21. The Labute approximate surface area is 105 Å². The second-order valence-electron chi connectivity index (χ2n) is 3.97. The van der Waals surface area contributed by atoms with Crippen LogP contribution >= 0.6 is 15.9 Å². The number of ether oxygens (including phenoxy) is 2. The van der Waals surface area contributed by atoms with Crippen molar-refractivity contribution in [3.8, 4) is 11.5 Å². The molecular weight excluding hydrogens is 272 g/mol. The van der Waals surface area contributed by atoms with Gasteiger partial charge in [-0.1, -0.05) is 0 Å². The van der Waals surface area contributed by atoms with Gasteiger partial charge in [-0.05, 0) is 42.8 Å². The molecule has 0 fully saturated rings. The molecule has 0 atom stereocenters. The minimum Gasteiger partial charge on any atom is -0.495 e. The van der Waals surface area contributed by atoms with Gasteiger partial charge in [0.15, 0.2) is 0 Å². The summed E-state index contributed by atoms with van der Waals surface area (Å²) in [4.78, 5) is 0. The van der Waals surface area contributed by atoms with Gasteiger partial charge in [0.2, 0.25) is 0 Å². The lowest BCUT2D eigenvalue weighted by molar-refractivity contribution is 0.0748. The van der Waals surface area contributed by atoms with Crippen molar-refractivity contribution in [1.82, 2.24) is 0 Å². The van der Waals surface area contributed by atoms with Crippen molar-refractivity contribution in [1.29, 1.82) is 0 Å². The molecule has 1 rings (SSSR count). The topological polar surface area (TPSA) is 38.7 Å². The van der Waals surface area contributed by atoms with Gasteiger partial charge in [0.25, 0.3) is 0 Å². The van der Waals surface area contributed by atoms with E-state index in [-0.39, 0.29) is 0 Å². The molecule has 3 nitrogen and oxygen atoms in total. The average Bonchev–Trinajstić information content (AvgIpc) is 2.19. The number of methoxy groups -OCH3 is 1. The Balaban J connectivity index is 3.30. The first-order chi connectivity index (χ1) is 7.40. The highest BCUT2D eigenvalue weighted by Crippen LogP contribution is 2.38. The van der Waals surface area contributed by atoms with Gasteiger partial charge in [-0.3, -0.25) is 0 Å². The predicted octanol–water partition coefficient (Wildman–Crippen LogP) is 3.08. The summed E-state index contributed by atoms with van der Waals surface area (Å²) in [5, 5.41) is 10.0. The largest absolute Gasteiger partial charge is 0.495 e. The fourth-order valence-electron chi connectivity index (χ4n) is 1.44. The summed E-state index contributed by atoms with van der Waals surface area (Å²) >= 11 is 3.39. The number of hydrogen-bond donors (Lipinski definition) is 1. The van der Waals surface area contributed by atoms with E-state index in [4.69, 9.17) is 9.47 Å². The maximum atomic E-state index is 10.0. The molecule has 0 heterocycles. The third-order valence-corrected chi connectivity index (χ3v) is 2.83. The van der Waals surface area contributed by atoms with Crippen LogP contribution in [0.5, 0.6) is 11.5 Å². The van der Waals surface area contributed by atoms with E-state index in [1.54, 1.807) is 27.0 Å². The van der Waals surface area contributed by atoms with Crippen molar-refractivity contribution in [2.45, 2.75) is 26.4 Å². The summed E-state index contributed by atoms with van der Waals surface area (Å²) < 4.78 is 11.5. The average molecular weight is 289 g/mol. The van der Waals surface area contributed by atoms with Gasteiger partial charge in [0, 0.05) is 11.6 Å². The molecule has 0 amide bonds. The maximum absolute atomic E-state index is 10.0. The maximum Gasteiger partial charge on any atom is 0.136 e. The molecule has 0 saturated heterocycles. The van der Waals surface area contributed by atoms with E-state index in [9.17, 15) is 5.11 Å². The molecule has 0 aliphatic rings. The third-order valence-electron chi connectivity index (χ3n) is 2.21. The van der Waals surface area contributed by atoms with Gasteiger partial charge < -0.3 is 14.6 Å². The second kappa shape index (κ2) is 5.06. The molecule has 4 heteroatoms. The minimum absolute atomic E-state index is 0.549. The van der Waals surface area contributed by atoms with E-state index in [1.807, 2.05) is 13.0 Å². The van der Waals surface area contributed by atoms with Crippen LogP contribution in [0.25, 0.3) is 0 Å². The van der Waals surface area contributed by atoms with Gasteiger partial charge >= 0.3 is 0 Å². The molecule has 1 N–H and O–H groups in total. The number of benzene rings is 1. The number of halogens is 1. The first kappa shape index (κ1) is 13.3. The number of hydrogen-bond acceptors (Lipinski definition) is 3. The highest BCUT2D eigenvalue weighted by molar-refractivity contribution is 9.10. The van der Waals surface area contributed by atoms with Gasteiger partial charge in [0.05, 0.1) is 23.8 Å². The van der Waals surface area contributed by atoms with E-state index >= 15 is 0 Å². The minimum atomic E-state index is -0.945. The lowest BCUT2D eigenvalue weighted by Gasteiger charge is -2.22. The first-order valence-electron chi connectivity index (χ1n) is 5.13. The van der Waals surface area contributed by atoms with Crippen molar-refractivity contribution >= 4 is 15.9 Å². The first-order valence-corrected chi connectivity index (χ1v) is 5.92. The second-order valence-corrected chi connectivity index (χ2v) is 4.83. The Hall–Kier alpha value is -0.740. The summed E-state index contributed by atoms with van der Waals surface area (Å²) in [6, 6.07) is 3.60. The Morgan fingerprint density at radius 2 is 1.94 bits per heavy atom. The molecule has 0 saturated carbocycles. The Morgan fingerprint density at radius 1 is 1.31 bits per heavy atom. The lowest BCUT2D eigenvalue weighted by Crippen LogP contribution is -2.17. The van der Waals surface area contributed by atoms with Crippen LogP contribution < -0.4 is 9.47 Å². The highest BCUT2D eigenvalue weighted by atomic mass is 79.9. The van der Waals surface area contributed by atoms with Crippen molar-refractivity contribution in [3.05, 3.63) is 22.2 Å². The van der Waals surface area contributed by atoms with Crippen LogP contribution in [-0.2, 0) is 5.60 Å². The van der Waals surface area contributed by atoms with Gasteiger partial charge in [-0.25, -0.2) is 0 Å². The van der Waals surface area contributed by atoms with Crippen LogP contribution in [-0.4, -0.2) is 18.8 Å². The molecule has 0 aliphatic heterocycles. The van der Waals surface area contributed by atoms with Crippen LogP contribution in [0.2, 0.25) is 0 Å². The molecule has 16 heavy (non-hydrogen) atoms. The highest BCUT2D eigenvalue weighted by Gasteiger charge is 2.23. The lowest BCUT2D eigenvalue weighted by atomic mass is 9.97. The summed E-state index contributed by atoms with van der Waals surface area (Å²) in [5.74, 6) is 1.34. The summed E-state index contributed by atoms with van der Waals surface area (Å²) in [6.07, 6.45) is 0. The number of rotatable bonds is 4. The molecule has 0 radical (unpaired) electrons. The summed E-state index contributed by atoms with van der Waals surface area (Å²) in [7, 11) is 1.60. The van der Waals surface area contributed by atoms with Crippen LogP contribution in [0.1, 0.15) is 26.3 Å². The fraction of sp³-hybridized carbons (Fsp3) is 0.500. The monoisotopic (exact) mass is 288 g/mol. The van der Waals surface area contributed by atoms with Crippen molar-refractivity contribution < 1.29 is 14.6 Å². The zero-order chi connectivity index (χ0) is 12.3. The van der Waals surface area contributed by atoms with Crippen LogP contribution in [0, 0.1) is 0 Å². The normalized spacial score (nSPS) is 11.4. The molecule has 1 aromatic carbocycles.